The van der Waals surface area contributed by atoms with E-state index < -0.39 is 0 Å². The summed E-state index contributed by atoms with van der Waals surface area (Å²) in [5.74, 6) is 0.668. The molecular formula is C18H21N5O3. The molecule has 8 nitrogen and oxygen atoms in total. The van der Waals surface area contributed by atoms with E-state index in [1.165, 1.54) is 0 Å². The molecule has 8 heteroatoms. The number of anilines is 1. The number of hydrogen-bond acceptors (Lipinski definition) is 5. The number of rotatable bonds is 6. The lowest BCUT2D eigenvalue weighted by molar-refractivity contribution is 0.102. The van der Waals surface area contributed by atoms with Gasteiger partial charge in [-0.25, -0.2) is 0 Å². The largest absolute Gasteiger partial charge is 0.383 e. The van der Waals surface area contributed by atoms with Gasteiger partial charge in [-0.05, 0) is 36.4 Å². The molecule has 1 atom stereocenters. The highest BCUT2D eigenvalue weighted by Gasteiger charge is 2.22. The van der Waals surface area contributed by atoms with E-state index in [1.54, 1.807) is 13.2 Å². The predicted molar refractivity (Wildman–Crippen MR) is 96.1 cm³/mol. The van der Waals surface area contributed by atoms with Gasteiger partial charge in [-0.15, -0.1) is 5.10 Å². The number of amides is 1. The summed E-state index contributed by atoms with van der Waals surface area (Å²) < 4.78 is 12.8. The molecule has 0 spiro atoms. The van der Waals surface area contributed by atoms with Crippen molar-refractivity contribution in [3.63, 3.8) is 0 Å². The fraction of sp³-hybridized carbons (Fsp3) is 0.389. The van der Waals surface area contributed by atoms with E-state index in [4.69, 9.17) is 9.47 Å². The number of nitrogens with one attached hydrogen (secondary N) is 2. The smallest absolute Gasteiger partial charge is 0.258 e. The molecule has 2 N–H and O–H groups in total. The van der Waals surface area contributed by atoms with E-state index in [0.717, 1.165) is 36.9 Å². The zero-order valence-corrected chi connectivity index (χ0v) is 14.6. The molecule has 1 fully saturated rings. The Hall–Kier alpha value is -2.71. The monoisotopic (exact) mass is 355 g/mol. The molecule has 0 radical (unpaired) electrons. The fourth-order valence-electron chi connectivity index (χ4n) is 3.15. The van der Waals surface area contributed by atoms with E-state index in [-0.39, 0.29) is 18.0 Å². The van der Waals surface area contributed by atoms with Crippen molar-refractivity contribution in [3.05, 3.63) is 41.9 Å². The standard InChI is InChI=1S/C18H21N5O3/c1-25-10-8-23-7-6-12-4-5-13(11-14(12)23)17(24)20-18-19-16(21-22-18)15-3-2-9-26-15/h4-7,11,15H,2-3,8-10H2,1H3,(H2,19,20,21,22,24)/t15-/m0/s1. The lowest BCUT2D eigenvalue weighted by atomic mass is 10.1. The predicted octanol–water partition coefficient (Wildman–Crippen LogP) is 2.51. The van der Waals surface area contributed by atoms with Crippen molar-refractivity contribution in [2.75, 3.05) is 25.6 Å². The molecule has 1 amide bonds. The molecule has 0 saturated carbocycles. The van der Waals surface area contributed by atoms with Crippen LogP contribution in [0.15, 0.2) is 30.5 Å². The Balaban J connectivity index is 1.50. The molecule has 1 aliphatic heterocycles. The Bertz CT molecular complexity index is 911. The van der Waals surface area contributed by atoms with Crippen LogP contribution in [0.4, 0.5) is 5.95 Å². The number of ether oxygens (including phenoxy) is 2. The fourth-order valence-corrected chi connectivity index (χ4v) is 3.15. The number of carbonyl (C=O) groups excluding carboxylic acids is 1. The highest BCUT2D eigenvalue weighted by atomic mass is 16.5. The van der Waals surface area contributed by atoms with Crippen molar-refractivity contribution in [1.82, 2.24) is 19.7 Å². The van der Waals surface area contributed by atoms with Gasteiger partial charge >= 0.3 is 0 Å². The summed E-state index contributed by atoms with van der Waals surface area (Å²) in [6, 6.07) is 7.62. The Kier molecular flexibility index (Phi) is 4.68. The van der Waals surface area contributed by atoms with Crippen LogP contribution in [0.1, 0.15) is 35.1 Å². The van der Waals surface area contributed by atoms with Gasteiger partial charge in [-0.2, -0.15) is 4.98 Å². The molecule has 26 heavy (non-hydrogen) atoms. The van der Waals surface area contributed by atoms with Gasteiger partial charge in [-0.3, -0.25) is 15.2 Å². The van der Waals surface area contributed by atoms with Crippen LogP contribution >= 0.6 is 0 Å². The first-order valence-electron chi connectivity index (χ1n) is 8.67. The second kappa shape index (κ2) is 7.27. The van der Waals surface area contributed by atoms with Crippen LogP contribution in [-0.2, 0) is 16.0 Å². The summed E-state index contributed by atoms with van der Waals surface area (Å²) in [4.78, 5) is 16.9. The average Bonchev–Trinajstić information content (AvgIpc) is 3.39. The maximum atomic E-state index is 12.6. The van der Waals surface area contributed by atoms with E-state index in [2.05, 4.69) is 25.1 Å². The number of aromatic amines is 1. The van der Waals surface area contributed by atoms with Crippen LogP contribution < -0.4 is 5.32 Å². The number of H-pyrrole nitrogens is 1. The van der Waals surface area contributed by atoms with Crippen LogP contribution in [-0.4, -0.2) is 46.0 Å². The molecule has 1 aromatic carbocycles. The topological polar surface area (TPSA) is 94.1 Å². The van der Waals surface area contributed by atoms with E-state index in [0.29, 0.717) is 18.0 Å². The molecule has 0 unspecified atom stereocenters. The number of fused-ring (bicyclic) bond motifs is 1. The van der Waals surface area contributed by atoms with Crippen LogP contribution in [0.3, 0.4) is 0 Å². The highest BCUT2D eigenvalue weighted by molar-refractivity contribution is 6.05. The SMILES string of the molecule is COCCn1ccc2ccc(C(=O)Nc3n[nH]c([C@@H]4CCCO4)n3)cc21. The van der Waals surface area contributed by atoms with Crippen molar-refractivity contribution in [1.29, 1.82) is 0 Å². The second-order valence-corrected chi connectivity index (χ2v) is 6.28. The number of carbonyl (C=O) groups is 1. The first kappa shape index (κ1) is 16.7. The Morgan fingerprint density at radius 2 is 2.38 bits per heavy atom. The summed E-state index contributed by atoms with van der Waals surface area (Å²) in [5, 5.41) is 10.7. The first-order valence-corrected chi connectivity index (χ1v) is 8.67. The molecule has 1 aliphatic rings. The van der Waals surface area contributed by atoms with Crippen molar-refractivity contribution < 1.29 is 14.3 Å². The molecule has 2 aromatic heterocycles. The minimum absolute atomic E-state index is 0.0615. The van der Waals surface area contributed by atoms with Gasteiger partial charge < -0.3 is 14.0 Å². The summed E-state index contributed by atoms with van der Waals surface area (Å²) >= 11 is 0. The Labute approximate surface area is 150 Å². The summed E-state index contributed by atoms with van der Waals surface area (Å²) in [7, 11) is 1.67. The maximum absolute atomic E-state index is 12.6. The third-order valence-corrected chi connectivity index (χ3v) is 4.54. The molecule has 4 rings (SSSR count). The van der Waals surface area contributed by atoms with Gasteiger partial charge in [0.2, 0.25) is 5.95 Å². The Morgan fingerprint density at radius 1 is 1.46 bits per heavy atom. The molecule has 0 aliphatic carbocycles. The lowest BCUT2D eigenvalue weighted by Crippen LogP contribution is -2.13. The van der Waals surface area contributed by atoms with Crippen molar-refractivity contribution >= 4 is 22.8 Å². The van der Waals surface area contributed by atoms with Gasteiger partial charge in [0, 0.05) is 37.5 Å². The zero-order chi connectivity index (χ0) is 17.9. The summed E-state index contributed by atoms with van der Waals surface area (Å²) in [5.41, 5.74) is 1.54. The molecular weight excluding hydrogens is 334 g/mol. The van der Waals surface area contributed by atoms with Crippen LogP contribution in [0, 0.1) is 0 Å². The number of nitrogens with zero attached hydrogens (tertiary/aromatic N) is 3. The minimum atomic E-state index is -0.246. The van der Waals surface area contributed by atoms with Crippen LogP contribution in [0.5, 0.6) is 0 Å². The van der Waals surface area contributed by atoms with Gasteiger partial charge in [0.15, 0.2) is 5.82 Å². The maximum Gasteiger partial charge on any atom is 0.258 e. The number of benzene rings is 1. The third-order valence-electron chi connectivity index (χ3n) is 4.54. The van der Waals surface area contributed by atoms with Gasteiger partial charge in [-0.1, -0.05) is 6.07 Å². The number of aromatic nitrogens is 4. The average molecular weight is 355 g/mol. The summed E-state index contributed by atoms with van der Waals surface area (Å²) in [6.45, 7) is 2.08. The zero-order valence-electron chi connectivity index (χ0n) is 14.6. The Morgan fingerprint density at radius 3 is 3.19 bits per heavy atom. The van der Waals surface area contributed by atoms with Crippen molar-refractivity contribution in [3.8, 4) is 0 Å². The third kappa shape index (κ3) is 3.33. The summed E-state index contributed by atoms with van der Waals surface area (Å²) in [6.07, 6.45) is 3.86. The van der Waals surface area contributed by atoms with Crippen molar-refractivity contribution in [2.24, 2.45) is 0 Å². The normalized spacial score (nSPS) is 17.0. The van der Waals surface area contributed by atoms with Crippen molar-refractivity contribution in [2.45, 2.75) is 25.5 Å². The van der Waals surface area contributed by atoms with Crippen LogP contribution in [0.25, 0.3) is 10.9 Å². The molecule has 0 bridgehead atoms. The van der Waals surface area contributed by atoms with E-state index in [1.807, 2.05) is 24.4 Å². The number of methoxy groups -OCH3 is 1. The molecule has 3 heterocycles. The van der Waals surface area contributed by atoms with Gasteiger partial charge in [0.1, 0.15) is 6.10 Å². The molecule has 136 valence electrons. The second-order valence-electron chi connectivity index (χ2n) is 6.28. The van der Waals surface area contributed by atoms with E-state index >= 15 is 0 Å². The minimum Gasteiger partial charge on any atom is -0.383 e. The van der Waals surface area contributed by atoms with Gasteiger partial charge in [0.25, 0.3) is 5.91 Å². The first-order chi connectivity index (χ1) is 12.7. The number of hydrogen-bond donors (Lipinski definition) is 2. The van der Waals surface area contributed by atoms with E-state index in [9.17, 15) is 4.79 Å². The van der Waals surface area contributed by atoms with Gasteiger partial charge in [0.05, 0.1) is 6.61 Å². The molecule has 3 aromatic rings. The molecule has 1 saturated heterocycles. The quantitative estimate of drug-likeness (QED) is 0.708. The lowest BCUT2D eigenvalue weighted by Gasteiger charge is -2.06. The van der Waals surface area contributed by atoms with Crippen LogP contribution in [0.2, 0.25) is 0 Å². The highest BCUT2D eigenvalue weighted by Crippen LogP contribution is 2.26.